The van der Waals surface area contributed by atoms with Crippen molar-refractivity contribution in [1.82, 2.24) is 0 Å². The lowest BCUT2D eigenvalue weighted by Crippen LogP contribution is -2.29. The van der Waals surface area contributed by atoms with Crippen LogP contribution in [0.2, 0.25) is 5.02 Å². The number of hydrogen-bond donors (Lipinski definition) is 1. The van der Waals surface area contributed by atoms with Gasteiger partial charge in [-0.1, -0.05) is 11.6 Å². The van der Waals surface area contributed by atoms with E-state index in [0.717, 1.165) is 12.1 Å². The minimum Gasteiger partial charge on any atom is -0.503 e. The fraction of sp³-hybridized carbons (Fsp3) is 0.120. The van der Waals surface area contributed by atoms with Crippen molar-refractivity contribution in [2.24, 2.45) is 0 Å². The number of aromatic hydroxyl groups is 1. The monoisotopic (exact) mass is 559 g/mol. The van der Waals surface area contributed by atoms with Gasteiger partial charge in [0.25, 0.3) is 5.91 Å². The molecule has 1 aliphatic heterocycles. The number of ether oxygens (including phenoxy) is 2. The van der Waals surface area contributed by atoms with Gasteiger partial charge in [0.1, 0.15) is 17.1 Å². The summed E-state index contributed by atoms with van der Waals surface area (Å²) >= 11 is 9.63. The zero-order chi connectivity index (χ0) is 25.0. The molecule has 0 radical (unpaired) electrons. The number of phenolic OH excluding ortho intramolecular Hbond substituents is 1. The summed E-state index contributed by atoms with van der Waals surface area (Å²) in [5.74, 6) is -0.988. The van der Waals surface area contributed by atoms with E-state index in [2.05, 4.69) is 15.9 Å². The summed E-state index contributed by atoms with van der Waals surface area (Å²) in [7, 11) is 2.85. The van der Waals surface area contributed by atoms with Gasteiger partial charge in [0, 0.05) is 5.69 Å². The Morgan fingerprint density at radius 1 is 1.06 bits per heavy atom. The molecular weight excluding hydrogens is 545 g/mol. The molecule has 10 heteroatoms. The Balaban J connectivity index is 1.83. The van der Waals surface area contributed by atoms with E-state index in [1.807, 2.05) is 0 Å². The van der Waals surface area contributed by atoms with Crippen molar-refractivity contribution in [2.45, 2.75) is 6.04 Å². The first-order valence-corrected chi connectivity index (χ1v) is 11.4. The van der Waals surface area contributed by atoms with E-state index in [0.29, 0.717) is 17.0 Å². The normalized spacial score (nSPS) is 14.9. The van der Waals surface area contributed by atoms with Crippen molar-refractivity contribution in [3.8, 4) is 17.2 Å². The molecule has 1 amide bonds. The zero-order valence-electron chi connectivity index (χ0n) is 18.3. The molecular formula is C25H16BrClFNO6. The Hall–Kier alpha value is -3.56. The van der Waals surface area contributed by atoms with Crippen LogP contribution in [0.4, 0.5) is 10.1 Å². The highest BCUT2D eigenvalue weighted by Gasteiger charge is 2.44. The standard InChI is InChI=1S/C25H16BrClFNO6/c1-33-18-6-4-13(10-16(18)27)29-21(11-7-15(26)23(31)19(8-11)34-2)20-22(30)14-9-12(28)3-5-17(14)35-24(20)25(29)32/h3-10,21,31H,1-2H3. The number of hydrogen-bond acceptors (Lipinski definition) is 6. The Morgan fingerprint density at radius 3 is 2.49 bits per heavy atom. The van der Waals surface area contributed by atoms with Gasteiger partial charge in [0.05, 0.1) is 40.7 Å². The number of carbonyl (C=O) groups is 1. The molecule has 5 rings (SSSR count). The van der Waals surface area contributed by atoms with Gasteiger partial charge in [-0.25, -0.2) is 4.39 Å². The van der Waals surface area contributed by atoms with Gasteiger partial charge in [-0.3, -0.25) is 14.5 Å². The summed E-state index contributed by atoms with van der Waals surface area (Å²) in [6.07, 6.45) is 0. The van der Waals surface area contributed by atoms with Crippen molar-refractivity contribution in [3.05, 3.63) is 91.0 Å². The van der Waals surface area contributed by atoms with E-state index < -0.39 is 23.2 Å². The molecule has 0 saturated heterocycles. The van der Waals surface area contributed by atoms with Crippen molar-refractivity contribution in [3.63, 3.8) is 0 Å². The zero-order valence-corrected chi connectivity index (χ0v) is 20.6. The summed E-state index contributed by atoms with van der Waals surface area (Å²) in [6, 6.07) is 10.4. The van der Waals surface area contributed by atoms with Crippen LogP contribution in [-0.4, -0.2) is 25.2 Å². The molecule has 0 saturated carbocycles. The molecule has 1 aliphatic rings. The molecule has 3 aromatic carbocycles. The molecule has 1 atom stereocenters. The molecule has 0 spiro atoms. The van der Waals surface area contributed by atoms with E-state index in [1.165, 1.54) is 37.3 Å². The van der Waals surface area contributed by atoms with Gasteiger partial charge >= 0.3 is 0 Å². The summed E-state index contributed by atoms with van der Waals surface area (Å²) in [5.41, 5.74) is 0.369. The van der Waals surface area contributed by atoms with Crippen molar-refractivity contribution in [2.75, 3.05) is 19.1 Å². The molecule has 1 aromatic heterocycles. The number of halogens is 3. The summed E-state index contributed by atoms with van der Waals surface area (Å²) in [5, 5.41) is 10.6. The highest BCUT2D eigenvalue weighted by Crippen LogP contribution is 2.46. The third-order valence-electron chi connectivity index (χ3n) is 5.83. The first-order chi connectivity index (χ1) is 16.7. The van der Waals surface area contributed by atoms with E-state index in [1.54, 1.807) is 18.2 Å². The molecule has 4 aromatic rings. The molecule has 35 heavy (non-hydrogen) atoms. The third kappa shape index (κ3) is 3.62. The summed E-state index contributed by atoms with van der Waals surface area (Å²) in [4.78, 5) is 28.6. The number of anilines is 1. The highest BCUT2D eigenvalue weighted by molar-refractivity contribution is 9.10. The van der Waals surface area contributed by atoms with Gasteiger partial charge in [0.2, 0.25) is 5.76 Å². The van der Waals surface area contributed by atoms with Gasteiger partial charge in [-0.15, -0.1) is 0 Å². The number of amides is 1. The minimum absolute atomic E-state index is 0.000900. The molecule has 7 nitrogen and oxygen atoms in total. The predicted molar refractivity (Wildman–Crippen MR) is 131 cm³/mol. The smallest absolute Gasteiger partial charge is 0.295 e. The lowest BCUT2D eigenvalue weighted by molar-refractivity contribution is 0.0971. The number of methoxy groups -OCH3 is 2. The lowest BCUT2D eigenvalue weighted by Gasteiger charge is -2.26. The Morgan fingerprint density at radius 2 is 1.80 bits per heavy atom. The molecule has 0 fully saturated rings. The Bertz CT molecular complexity index is 1590. The number of carbonyl (C=O) groups excluding carboxylic acids is 1. The fourth-order valence-corrected chi connectivity index (χ4v) is 4.95. The molecule has 0 bridgehead atoms. The summed E-state index contributed by atoms with van der Waals surface area (Å²) in [6.45, 7) is 0. The maximum Gasteiger partial charge on any atom is 0.295 e. The molecule has 178 valence electrons. The molecule has 2 heterocycles. The average molecular weight is 561 g/mol. The fourth-order valence-electron chi connectivity index (χ4n) is 4.24. The largest absolute Gasteiger partial charge is 0.503 e. The van der Waals surface area contributed by atoms with Crippen LogP contribution in [0.1, 0.15) is 27.7 Å². The van der Waals surface area contributed by atoms with Gasteiger partial charge < -0.3 is 19.0 Å². The highest BCUT2D eigenvalue weighted by atomic mass is 79.9. The van der Waals surface area contributed by atoms with E-state index in [-0.39, 0.29) is 43.3 Å². The second kappa shape index (κ2) is 8.58. The third-order valence-corrected chi connectivity index (χ3v) is 6.73. The minimum atomic E-state index is -0.989. The first-order valence-electron chi connectivity index (χ1n) is 10.2. The maximum absolute atomic E-state index is 14.0. The van der Waals surface area contributed by atoms with Crippen LogP contribution in [0, 0.1) is 5.82 Å². The van der Waals surface area contributed by atoms with E-state index in [4.69, 9.17) is 25.5 Å². The Labute approximate surface area is 211 Å². The van der Waals surface area contributed by atoms with Crippen LogP contribution < -0.4 is 19.8 Å². The number of rotatable bonds is 4. The van der Waals surface area contributed by atoms with Crippen LogP contribution in [0.3, 0.4) is 0 Å². The second-order valence-electron chi connectivity index (χ2n) is 7.76. The Kier molecular flexibility index (Phi) is 5.69. The molecule has 1 unspecified atom stereocenters. The topological polar surface area (TPSA) is 89.2 Å². The van der Waals surface area contributed by atoms with E-state index in [9.17, 15) is 19.1 Å². The second-order valence-corrected chi connectivity index (χ2v) is 9.03. The molecule has 1 N–H and O–H groups in total. The van der Waals surface area contributed by atoms with Gasteiger partial charge in [-0.05, 0) is 70.0 Å². The SMILES string of the molecule is COc1ccc(N2C(=O)c3oc4ccc(F)cc4c(=O)c3C2c2cc(Br)c(O)c(OC)c2)cc1Cl. The van der Waals surface area contributed by atoms with Crippen molar-refractivity contribution in [1.29, 1.82) is 0 Å². The summed E-state index contributed by atoms with van der Waals surface area (Å²) < 4.78 is 30.6. The van der Waals surface area contributed by atoms with Crippen LogP contribution in [0.25, 0.3) is 11.0 Å². The van der Waals surface area contributed by atoms with Crippen LogP contribution in [-0.2, 0) is 0 Å². The van der Waals surface area contributed by atoms with Crippen molar-refractivity contribution >= 4 is 50.1 Å². The van der Waals surface area contributed by atoms with Crippen LogP contribution >= 0.6 is 27.5 Å². The number of fused-ring (bicyclic) bond motifs is 2. The number of nitrogens with zero attached hydrogens (tertiary/aromatic N) is 1. The number of benzene rings is 3. The van der Waals surface area contributed by atoms with E-state index >= 15 is 0 Å². The predicted octanol–water partition coefficient (Wildman–Crippen LogP) is 5.82. The molecule has 0 aliphatic carbocycles. The van der Waals surface area contributed by atoms with Crippen LogP contribution in [0.15, 0.2) is 62.2 Å². The maximum atomic E-state index is 14.0. The van der Waals surface area contributed by atoms with Gasteiger partial charge in [-0.2, -0.15) is 0 Å². The van der Waals surface area contributed by atoms with Crippen molar-refractivity contribution < 1.29 is 28.2 Å². The van der Waals surface area contributed by atoms with Gasteiger partial charge in [0.15, 0.2) is 16.9 Å². The quantitative estimate of drug-likeness (QED) is 0.338. The average Bonchev–Trinajstić information content (AvgIpc) is 3.13. The lowest BCUT2D eigenvalue weighted by atomic mass is 9.97. The van der Waals surface area contributed by atoms with Crippen LogP contribution in [0.5, 0.6) is 17.2 Å². The number of phenols is 1. The first kappa shape index (κ1) is 23.2.